The van der Waals surface area contributed by atoms with Gasteiger partial charge in [-0.2, -0.15) is 0 Å². The van der Waals surface area contributed by atoms with Crippen molar-refractivity contribution < 1.29 is 4.79 Å². The predicted octanol–water partition coefficient (Wildman–Crippen LogP) is 1.70. The van der Waals surface area contributed by atoms with Gasteiger partial charge in [-0.05, 0) is 19.4 Å². The normalized spacial score (nSPS) is 24.4. The lowest BCUT2D eigenvalue weighted by atomic mass is 10.1. The molecule has 0 amide bonds. The minimum atomic E-state index is 0.440. The smallest absolute Gasteiger partial charge is 0.134 e. The molecule has 1 aliphatic carbocycles. The van der Waals surface area contributed by atoms with Crippen molar-refractivity contribution in [1.29, 1.82) is 0 Å². The minimum Gasteiger partial charge on any atom is -0.303 e. The summed E-state index contributed by atoms with van der Waals surface area (Å²) in [6.07, 6.45) is 2.65. The second-order valence-electron chi connectivity index (χ2n) is 4.27. The van der Waals surface area contributed by atoms with Gasteiger partial charge in [0.2, 0.25) is 0 Å². The Balaban J connectivity index is 2.32. The largest absolute Gasteiger partial charge is 0.303 e. The lowest BCUT2D eigenvalue weighted by Gasteiger charge is -2.24. The average molecular weight is 169 g/mol. The van der Waals surface area contributed by atoms with Gasteiger partial charge in [0, 0.05) is 25.4 Å². The summed E-state index contributed by atoms with van der Waals surface area (Å²) in [7, 11) is 2.13. The Morgan fingerprint density at radius 2 is 2.25 bits per heavy atom. The number of ketones is 1. The molecule has 1 atom stereocenters. The highest BCUT2D eigenvalue weighted by atomic mass is 16.1. The van der Waals surface area contributed by atoms with Crippen LogP contribution in [0, 0.1) is 5.92 Å². The van der Waals surface area contributed by atoms with E-state index < -0.39 is 0 Å². The number of carbonyl (C=O) groups excluding carboxylic acids is 1. The Kier molecular flexibility index (Phi) is 3.27. The van der Waals surface area contributed by atoms with Crippen molar-refractivity contribution in [3.05, 3.63) is 0 Å². The van der Waals surface area contributed by atoms with Gasteiger partial charge in [0.25, 0.3) is 0 Å². The van der Waals surface area contributed by atoms with Crippen LogP contribution in [0.1, 0.15) is 33.1 Å². The predicted molar refractivity (Wildman–Crippen MR) is 50.1 cm³/mol. The van der Waals surface area contributed by atoms with Crippen LogP contribution in [-0.2, 0) is 4.79 Å². The summed E-state index contributed by atoms with van der Waals surface area (Å²) >= 11 is 0. The lowest BCUT2D eigenvalue weighted by Crippen LogP contribution is -2.32. The van der Waals surface area contributed by atoms with E-state index in [0.29, 0.717) is 17.7 Å². The van der Waals surface area contributed by atoms with Crippen molar-refractivity contribution in [2.45, 2.75) is 39.2 Å². The number of carbonyl (C=O) groups is 1. The van der Waals surface area contributed by atoms with Crippen molar-refractivity contribution in [1.82, 2.24) is 4.90 Å². The molecule has 0 bridgehead atoms. The van der Waals surface area contributed by atoms with Gasteiger partial charge in [-0.25, -0.2) is 0 Å². The fraction of sp³-hybridized carbons (Fsp3) is 0.900. The zero-order valence-corrected chi connectivity index (χ0v) is 8.34. The van der Waals surface area contributed by atoms with Gasteiger partial charge < -0.3 is 4.90 Å². The highest BCUT2D eigenvalue weighted by Crippen LogP contribution is 2.20. The molecule has 1 saturated carbocycles. The monoisotopic (exact) mass is 169 g/mol. The van der Waals surface area contributed by atoms with Crippen LogP contribution in [0.4, 0.5) is 0 Å². The number of hydrogen-bond acceptors (Lipinski definition) is 2. The van der Waals surface area contributed by atoms with E-state index in [-0.39, 0.29) is 0 Å². The Labute approximate surface area is 74.9 Å². The highest BCUT2D eigenvalue weighted by molar-refractivity contribution is 5.81. The number of nitrogens with zero attached hydrogens (tertiary/aromatic N) is 1. The second kappa shape index (κ2) is 4.04. The summed E-state index contributed by atoms with van der Waals surface area (Å²) in [5.41, 5.74) is 0. The fourth-order valence-electron chi connectivity index (χ4n) is 1.90. The van der Waals surface area contributed by atoms with Gasteiger partial charge in [0.1, 0.15) is 5.78 Å². The quantitative estimate of drug-likeness (QED) is 0.641. The average Bonchev–Trinajstić information content (AvgIpc) is 2.34. The standard InChI is InChI=1S/C10H19NO/c1-8(2)7-11(3)9-4-5-10(12)6-9/h8-9H,4-7H2,1-3H3. The molecule has 0 radical (unpaired) electrons. The van der Waals surface area contributed by atoms with Gasteiger partial charge in [-0.15, -0.1) is 0 Å². The molecule has 0 heterocycles. The number of rotatable bonds is 3. The zero-order chi connectivity index (χ0) is 9.14. The SMILES string of the molecule is CC(C)CN(C)C1CCC(=O)C1. The first-order valence-corrected chi connectivity index (χ1v) is 4.81. The molecule has 70 valence electrons. The molecule has 1 unspecified atom stereocenters. The summed E-state index contributed by atoms with van der Waals surface area (Å²) < 4.78 is 0. The third-order valence-corrected chi connectivity index (χ3v) is 2.50. The molecule has 0 N–H and O–H groups in total. The number of hydrogen-bond donors (Lipinski definition) is 0. The van der Waals surface area contributed by atoms with Gasteiger partial charge in [-0.3, -0.25) is 4.79 Å². The summed E-state index contributed by atoms with van der Waals surface area (Å²) in [6, 6.07) is 0.528. The third-order valence-electron chi connectivity index (χ3n) is 2.50. The van der Waals surface area contributed by atoms with Crippen molar-refractivity contribution in [2.75, 3.05) is 13.6 Å². The summed E-state index contributed by atoms with van der Waals surface area (Å²) in [4.78, 5) is 13.3. The van der Waals surface area contributed by atoms with E-state index in [1.807, 2.05) is 0 Å². The maximum absolute atomic E-state index is 11.0. The number of Topliss-reactive ketones (excluding diaryl/α,β-unsaturated/α-hetero) is 1. The molecule has 1 rings (SSSR count). The second-order valence-corrected chi connectivity index (χ2v) is 4.27. The molecule has 2 heteroatoms. The van der Waals surface area contributed by atoms with E-state index >= 15 is 0 Å². The minimum absolute atomic E-state index is 0.440. The third kappa shape index (κ3) is 2.59. The van der Waals surface area contributed by atoms with Crippen LogP contribution in [0.5, 0.6) is 0 Å². The van der Waals surface area contributed by atoms with Crippen molar-refractivity contribution >= 4 is 5.78 Å². The van der Waals surface area contributed by atoms with Crippen LogP contribution in [0.2, 0.25) is 0 Å². The topological polar surface area (TPSA) is 20.3 Å². The van der Waals surface area contributed by atoms with E-state index in [2.05, 4.69) is 25.8 Å². The molecule has 1 fully saturated rings. The van der Waals surface area contributed by atoms with Crippen LogP contribution in [-0.4, -0.2) is 30.3 Å². The Morgan fingerprint density at radius 3 is 2.67 bits per heavy atom. The van der Waals surface area contributed by atoms with Crippen molar-refractivity contribution in [3.63, 3.8) is 0 Å². The summed E-state index contributed by atoms with van der Waals surface area (Å²) in [6.45, 7) is 5.54. The first-order valence-electron chi connectivity index (χ1n) is 4.81. The zero-order valence-electron chi connectivity index (χ0n) is 8.34. The van der Waals surface area contributed by atoms with Gasteiger partial charge >= 0.3 is 0 Å². The van der Waals surface area contributed by atoms with Crippen LogP contribution in [0.25, 0.3) is 0 Å². The van der Waals surface area contributed by atoms with Gasteiger partial charge in [0.05, 0.1) is 0 Å². The van der Waals surface area contributed by atoms with E-state index in [1.54, 1.807) is 0 Å². The van der Waals surface area contributed by atoms with E-state index in [4.69, 9.17) is 0 Å². The van der Waals surface area contributed by atoms with E-state index in [9.17, 15) is 4.79 Å². The Bertz CT molecular complexity index is 165. The molecule has 2 nitrogen and oxygen atoms in total. The molecule has 0 spiro atoms. The molecule has 1 aliphatic rings. The first-order chi connectivity index (χ1) is 5.59. The van der Waals surface area contributed by atoms with Crippen LogP contribution >= 0.6 is 0 Å². The molecule has 0 aliphatic heterocycles. The first kappa shape index (κ1) is 9.72. The Hall–Kier alpha value is -0.370. The maximum atomic E-state index is 11.0. The molecule has 0 saturated heterocycles. The molecule has 0 aromatic carbocycles. The Morgan fingerprint density at radius 1 is 1.58 bits per heavy atom. The van der Waals surface area contributed by atoms with Crippen molar-refractivity contribution in [3.8, 4) is 0 Å². The molecular weight excluding hydrogens is 150 g/mol. The molecule has 12 heavy (non-hydrogen) atoms. The van der Waals surface area contributed by atoms with Crippen LogP contribution in [0.3, 0.4) is 0 Å². The van der Waals surface area contributed by atoms with Gasteiger partial charge in [-0.1, -0.05) is 13.8 Å². The molecule has 0 aromatic heterocycles. The maximum Gasteiger partial charge on any atom is 0.134 e. The van der Waals surface area contributed by atoms with E-state index in [0.717, 1.165) is 25.8 Å². The van der Waals surface area contributed by atoms with Crippen molar-refractivity contribution in [2.24, 2.45) is 5.92 Å². The van der Waals surface area contributed by atoms with Crippen LogP contribution in [0.15, 0.2) is 0 Å². The van der Waals surface area contributed by atoms with Crippen LogP contribution < -0.4 is 0 Å². The van der Waals surface area contributed by atoms with E-state index in [1.165, 1.54) is 0 Å². The molecule has 0 aromatic rings. The summed E-state index contributed by atoms with van der Waals surface area (Å²) in [5, 5.41) is 0. The van der Waals surface area contributed by atoms with Gasteiger partial charge in [0.15, 0.2) is 0 Å². The molecular formula is C10H19NO. The highest BCUT2D eigenvalue weighted by Gasteiger charge is 2.25. The fourth-order valence-corrected chi connectivity index (χ4v) is 1.90. The summed E-state index contributed by atoms with van der Waals surface area (Å²) in [5.74, 6) is 1.14. The lowest BCUT2D eigenvalue weighted by molar-refractivity contribution is -0.117.